The van der Waals surface area contributed by atoms with Crippen LogP contribution < -0.4 is 10.6 Å². The zero-order valence-corrected chi connectivity index (χ0v) is 16.8. The quantitative estimate of drug-likeness (QED) is 0.668. The summed E-state index contributed by atoms with van der Waals surface area (Å²) in [4.78, 5) is 25.9. The van der Waals surface area contributed by atoms with Crippen molar-refractivity contribution in [2.75, 3.05) is 17.2 Å². The summed E-state index contributed by atoms with van der Waals surface area (Å²) in [6.45, 7) is 6.27. The highest BCUT2D eigenvalue weighted by molar-refractivity contribution is 5.99. The van der Waals surface area contributed by atoms with E-state index >= 15 is 0 Å². The molecule has 30 heavy (non-hydrogen) atoms. The number of carbonyl (C=O) groups excluding carboxylic acids is 2. The van der Waals surface area contributed by atoms with Gasteiger partial charge in [-0.25, -0.2) is 22.8 Å². The Hall–Kier alpha value is -3.23. The lowest BCUT2D eigenvalue weighted by Crippen LogP contribution is -2.39. The molecule has 1 aliphatic rings. The lowest BCUT2D eigenvalue weighted by atomic mass is 9.99. The van der Waals surface area contributed by atoms with E-state index in [2.05, 4.69) is 10.6 Å². The van der Waals surface area contributed by atoms with Crippen molar-refractivity contribution < 1.29 is 27.5 Å². The second kappa shape index (κ2) is 8.25. The van der Waals surface area contributed by atoms with Crippen molar-refractivity contribution >= 4 is 23.5 Å². The van der Waals surface area contributed by atoms with E-state index in [0.29, 0.717) is 37.3 Å². The van der Waals surface area contributed by atoms with E-state index in [0.717, 1.165) is 11.1 Å². The summed E-state index contributed by atoms with van der Waals surface area (Å²) in [5, 5.41) is 4.68. The molecule has 0 fully saturated rings. The zero-order chi connectivity index (χ0) is 22.1. The van der Waals surface area contributed by atoms with Gasteiger partial charge < -0.3 is 20.3 Å². The fourth-order valence-corrected chi connectivity index (χ4v) is 3.02. The Labute approximate surface area is 172 Å². The number of rotatable bonds is 2. The third-order valence-corrected chi connectivity index (χ3v) is 4.39. The van der Waals surface area contributed by atoms with Gasteiger partial charge >= 0.3 is 12.1 Å². The summed E-state index contributed by atoms with van der Waals surface area (Å²) in [7, 11) is 0. The Balaban J connectivity index is 1.64. The maximum atomic E-state index is 13.7. The molecule has 2 N–H and O–H groups in total. The summed E-state index contributed by atoms with van der Waals surface area (Å²) in [6.07, 6.45) is 0.187. The largest absolute Gasteiger partial charge is 0.444 e. The number of ether oxygens (including phenoxy) is 1. The van der Waals surface area contributed by atoms with E-state index in [-0.39, 0.29) is 6.09 Å². The van der Waals surface area contributed by atoms with Crippen LogP contribution in [0.2, 0.25) is 0 Å². The second-order valence-corrected chi connectivity index (χ2v) is 7.96. The van der Waals surface area contributed by atoms with Gasteiger partial charge in [0.1, 0.15) is 11.4 Å². The van der Waals surface area contributed by atoms with E-state index in [1.807, 2.05) is 0 Å². The molecule has 0 unspecified atom stereocenters. The van der Waals surface area contributed by atoms with Gasteiger partial charge in [0.15, 0.2) is 11.6 Å². The molecule has 1 heterocycles. The predicted octanol–water partition coefficient (Wildman–Crippen LogP) is 5.04. The summed E-state index contributed by atoms with van der Waals surface area (Å²) in [5.74, 6) is -3.69. The van der Waals surface area contributed by atoms with Crippen LogP contribution in [-0.2, 0) is 17.7 Å². The fraction of sp³-hybridized carbons (Fsp3) is 0.333. The van der Waals surface area contributed by atoms with Crippen LogP contribution in [0.1, 0.15) is 31.9 Å². The number of urea groups is 1. The molecule has 2 aromatic rings. The van der Waals surface area contributed by atoms with E-state index < -0.39 is 34.8 Å². The van der Waals surface area contributed by atoms with Crippen molar-refractivity contribution in [1.82, 2.24) is 4.90 Å². The van der Waals surface area contributed by atoms with Gasteiger partial charge in [-0.05, 0) is 50.5 Å². The molecule has 0 saturated carbocycles. The summed E-state index contributed by atoms with van der Waals surface area (Å²) < 4.78 is 45.3. The van der Waals surface area contributed by atoms with Gasteiger partial charge in [0.25, 0.3) is 0 Å². The fourth-order valence-electron chi connectivity index (χ4n) is 3.02. The standard InChI is InChI=1S/C21H22F3N3O3/c1-21(2,3)30-20(29)27-7-6-12-8-14(5-4-13(12)11-27)25-19(28)26-18-10-16(23)15(22)9-17(18)24/h4-5,8-10H,6-7,11H2,1-3H3,(H2,25,26,28). The molecule has 160 valence electrons. The number of hydrogen-bond donors (Lipinski definition) is 2. The normalized spacial score (nSPS) is 13.5. The van der Waals surface area contributed by atoms with E-state index in [1.165, 1.54) is 0 Å². The molecule has 2 aromatic carbocycles. The third kappa shape index (κ3) is 5.22. The maximum absolute atomic E-state index is 13.7. The lowest BCUT2D eigenvalue weighted by molar-refractivity contribution is 0.0224. The average molecular weight is 421 g/mol. The molecular formula is C21H22F3N3O3. The molecule has 0 radical (unpaired) electrons. The SMILES string of the molecule is CC(C)(C)OC(=O)N1CCc2cc(NC(=O)Nc3cc(F)c(F)cc3F)ccc2C1. The molecular weight excluding hydrogens is 399 g/mol. The van der Waals surface area contributed by atoms with Gasteiger partial charge in [0.05, 0.1) is 5.69 Å². The molecule has 1 aliphatic heterocycles. The smallest absolute Gasteiger partial charge is 0.410 e. The first-order chi connectivity index (χ1) is 14.0. The summed E-state index contributed by atoms with van der Waals surface area (Å²) in [6, 6.07) is 5.30. The Morgan fingerprint density at radius 3 is 2.37 bits per heavy atom. The van der Waals surface area contributed by atoms with E-state index in [4.69, 9.17) is 4.74 Å². The topological polar surface area (TPSA) is 70.7 Å². The minimum atomic E-state index is -1.34. The van der Waals surface area contributed by atoms with Crippen LogP contribution in [0.3, 0.4) is 0 Å². The van der Waals surface area contributed by atoms with Gasteiger partial charge in [-0.3, -0.25) is 0 Å². The van der Waals surface area contributed by atoms with Crippen LogP contribution in [0.5, 0.6) is 0 Å². The number of nitrogens with one attached hydrogen (secondary N) is 2. The minimum absolute atomic E-state index is 0.361. The van der Waals surface area contributed by atoms with Crippen LogP contribution in [0, 0.1) is 17.5 Å². The van der Waals surface area contributed by atoms with Crippen molar-refractivity contribution in [3.05, 3.63) is 58.9 Å². The van der Waals surface area contributed by atoms with Crippen molar-refractivity contribution in [2.24, 2.45) is 0 Å². The number of nitrogens with zero attached hydrogens (tertiary/aromatic N) is 1. The Morgan fingerprint density at radius 2 is 1.67 bits per heavy atom. The van der Waals surface area contributed by atoms with Gasteiger partial charge in [-0.15, -0.1) is 0 Å². The van der Waals surface area contributed by atoms with E-state index in [9.17, 15) is 22.8 Å². The van der Waals surface area contributed by atoms with Crippen LogP contribution in [0.25, 0.3) is 0 Å². The van der Waals surface area contributed by atoms with Gasteiger partial charge in [0.2, 0.25) is 0 Å². The number of halogens is 3. The minimum Gasteiger partial charge on any atom is -0.444 e. The highest BCUT2D eigenvalue weighted by atomic mass is 19.2. The van der Waals surface area contributed by atoms with E-state index in [1.54, 1.807) is 43.9 Å². The molecule has 0 aliphatic carbocycles. The first-order valence-electron chi connectivity index (χ1n) is 9.34. The Kier molecular flexibility index (Phi) is 5.91. The Bertz CT molecular complexity index is 989. The zero-order valence-electron chi connectivity index (χ0n) is 16.8. The molecule has 0 aromatic heterocycles. The average Bonchev–Trinajstić information content (AvgIpc) is 2.64. The second-order valence-electron chi connectivity index (χ2n) is 7.96. The maximum Gasteiger partial charge on any atom is 0.410 e. The summed E-state index contributed by atoms with van der Waals surface area (Å²) >= 11 is 0. The molecule has 0 atom stereocenters. The monoisotopic (exact) mass is 421 g/mol. The molecule has 0 bridgehead atoms. The molecule has 3 rings (SSSR count). The van der Waals surface area contributed by atoms with Crippen molar-refractivity contribution in [2.45, 2.75) is 39.3 Å². The number of hydrogen-bond acceptors (Lipinski definition) is 3. The van der Waals surface area contributed by atoms with Crippen LogP contribution in [0.15, 0.2) is 30.3 Å². The first kappa shape index (κ1) is 21.5. The van der Waals surface area contributed by atoms with Crippen LogP contribution >= 0.6 is 0 Å². The first-order valence-corrected chi connectivity index (χ1v) is 9.34. The van der Waals surface area contributed by atoms with Crippen molar-refractivity contribution in [1.29, 1.82) is 0 Å². The highest BCUT2D eigenvalue weighted by Gasteiger charge is 2.26. The predicted molar refractivity (Wildman–Crippen MR) is 106 cm³/mol. The Morgan fingerprint density at radius 1 is 0.967 bits per heavy atom. The van der Waals surface area contributed by atoms with Crippen molar-refractivity contribution in [3.63, 3.8) is 0 Å². The number of anilines is 2. The molecule has 3 amide bonds. The molecule has 9 heteroatoms. The van der Waals surface area contributed by atoms with Gasteiger partial charge in [0, 0.05) is 30.9 Å². The molecule has 0 spiro atoms. The van der Waals surface area contributed by atoms with Crippen LogP contribution in [0.4, 0.5) is 34.1 Å². The number of benzene rings is 2. The third-order valence-electron chi connectivity index (χ3n) is 4.39. The van der Waals surface area contributed by atoms with Gasteiger partial charge in [-0.2, -0.15) is 0 Å². The highest BCUT2D eigenvalue weighted by Crippen LogP contribution is 2.25. The molecule has 0 saturated heterocycles. The van der Waals surface area contributed by atoms with Gasteiger partial charge in [-0.1, -0.05) is 6.07 Å². The number of carbonyl (C=O) groups is 2. The number of amides is 3. The lowest BCUT2D eigenvalue weighted by Gasteiger charge is -2.31. The van der Waals surface area contributed by atoms with Crippen molar-refractivity contribution in [3.8, 4) is 0 Å². The number of fused-ring (bicyclic) bond motifs is 1. The van der Waals surface area contributed by atoms with Crippen LogP contribution in [-0.4, -0.2) is 29.2 Å². The summed E-state index contributed by atoms with van der Waals surface area (Å²) in [5.41, 5.74) is 1.26. The molecule has 6 nitrogen and oxygen atoms in total.